The first-order chi connectivity index (χ1) is 12.3. The predicted octanol–water partition coefficient (Wildman–Crippen LogP) is 3.01. The Morgan fingerprint density at radius 2 is 2.20 bits per heavy atom. The third kappa shape index (κ3) is 2.99. The van der Waals surface area contributed by atoms with Crippen molar-refractivity contribution in [3.8, 4) is 11.5 Å². The summed E-state index contributed by atoms with van der Waals surface area (Å²) in [6.07, 6.45) is 7.21. The molecule has 2 aromatic rings. The Morgan fingerprint density at radius 3 is 3.08 bits per heavy atom. The third-order valence-electron chi connectivity index (χ3n) is 4.76. The minimum atomic E-state index is 0.0315. The normalized spacial score (nSPS) is 19.1. The van der Waals surface area contributed by atoms with Crippen molar-refractivity contribution < 1.29 is 14.3 Å². The molecule has 1 aromatic carbocycles. The van der Waals surface area contributed by atoms with Crippen molar-refractivity contribution in [3.63, 3.8) is 0 Å². The number of rotatable bonds is 4. The van der Waals surface area contributed by atoms with Crippen LogP contribution in [0.2, 0.25) is 0 Å². The molecule has 0 radical (unpaired) electrons. The van der Waals surface area contributed by atoms with Crippen LogP contribution < -0.4 is 9.47 Å². The molecule has 0 bridgehead atoms. The molecular weight excluding hydrogens is 318 g/mol. The molecule has 1 amide bonds. The van der Waals surface area contributed by atoms with Gasteiger partial charge in [-0.2, -0.15) is 5.10 Å². The number of hydrogen-bond donors (Lipinski definition) is 0. The molecule has 1 saturated heterocycles. The van der Waals surface area contributed by atoms with Crippen LogP contribution in [-0.2, 0) is 11.3 Å². The third-order valence-corrected chi connectivity index (χ3v) is 4.76. The van der Waals surface area contributed by atoms with Gasteiger partial charge in [0.05, 0.1) is 11.7 Å². The fourth-order valence-corrected chi connectivity index (χ4v) is 3.50. The van der Waals surface area contributed by atoms with Gasteiger partial charge in [-0.15, -0.1) is 0 Å². The summed E-state index contributed by atoms with van der Waals surface area (Å²) < 4.78 is 12.7. The van der Waals surface area contributed by atoms with Gasteiger partial charge in [-0.3, -0.25) is 9.48 Å². The molecule has 0 spiro atoms. The van der Waals surface area contributed by atoms with E-state index in [-0.39, 0.29) is 18.7 Å². The molecule has 6 nitrogen and oxygen atoms in total. The molecule has 2 aliphatic heterocycles. The zero-order chi connectivity index (χ0) is 17.2. The molecule has 25 heavy (non-hydrogen) atoms. The maximum atomic E-state index is 12.7. The van der Waals surface area contributed by atoms with E-state index in [9.17, 15) is 4.79 Å². The number of hydrogen-bond acceptors (Lipinski definition) is 4. The molecule has 4 rings (SSSR count). The molecule has 1 fully saturated rings. The second-order valence-electron chi connectivity index (χ2n) is 6.21. The molecule has 0 N–H and O–H groups in total. The van der Waals surface area contributed by atoms with E-state index in [1.165, 1.54) is 0 Å². The highest BCUT2D eigenvalue weighted by atomic mass is 16.7. The zero-order valence-electron chi connectivity index (χ0n) is 14.2. The van der Waals surface area contributed by atoms with Crippen molar-refractivity contribution in [2.24, 2.45) is 0 Å². The highest BCUT2D eigenvalue weighted by molar-refractivity contribution is 5.92. The monoisotopic (exact) mass is 339 g/mol. The zero-order valence-corrected chi connectivity index (χ0v) is 14.2. The van der Waals surface area contributed by atoms with Gasteiger partial charge in [0.2, 0.25) is 12.7 Å². The van der Waals surface area contributed by atoms with Crippen molar-refractivity contribution >= 4 is 12.0 Å². The predicted molar refractivity (Wildman–Crippen MR) is 93.2 cm³/mol. The number of benzene rings is 1. The molecule has 1 aromatic heterocycles. The van der Waals surface area contributed by atoms with Gasteiger partial charge in [0, 0.05) is 25.4 Å². The fourth-order valence-electron chi connectivity index (χ4n) is 3.50. The summed E-state index contributed by atoms with van der Waals surface area (Å²) in [4.78, 5) is 14.6. The Hall–Kier alpha value is -2.76. The number of ether oxygens (including phenoxy) is 2. The summed E-state index contributed by atoms with van der Waals surface area (Å²) >= 11 is 0. The Bertz CT molecular complexity index is 812. The van der Waals surface area contributed by atoms with E-state index >= 15 is 0 Å². The second kappa shape index (κ2) is 6.63. The maximum Gasteiger partial charge on any atom is 0.247 e. The number of fused-ring (bicyclic) bond motifs is 1. The first-order valence-corrected chi connectivity index (χ1v) is 8.66. The van der Waals surface area contributed by atoms with Gasteiger partial charge >= 0.3 is 0 Å². The number of aryl methyl sites for hydroxylation is 1. The van der Waals surface area contributed by atoms with E-state index in [4.69, 9.17) is 9.47 Å². The lowest BCUT2D eigenvalue weighted by molar-refractivity contribution is -0.126. The quantitative estimate of drug-likeness (QED) is 0.804. The van der Waals surface area contributed by atoms with Gasteiger partial charge in [0.15, 0.2) is 11.5 Å². The van der Waals surface area contributed by atoms with Crippen LogP contribution in [0.4, 0.5) is 0 Å². The van der Waals surface area contributed by atoms with Crippen molar-refractivity contribution in [2.45, 2.75) is 32.4 Å². The number of carbonyl (C=O) groups excluding carboxylic acids is 1. The molecule has 1 atom stereocenters. The Morgan fingerprint density at radius 1 is 1.32 bits per heavy atom. The molecule has 1 unspecified atom stereocenters. The SMILES string of the molecule is CCn1nccc1/C=C/C(=O)N1CCCC1c1ccc2c(c1)OCO2. The Balaban J connectivity index is 1.52. The average molecular weight is 339 g/mol. The van der Waals surface area contributed by atoms with Crippen LogP contribution in [0.1, 0.15) is 37.1 Å². The van der Waals surface area contributed by atoms with Crippen molar-refractivity contribution in [3.05, 3.63) is 47.8 Å². The highest BCUT2D eigenvalue weighted by Crippen LogP contribution is 2.38. The van der Waals surface area contributed by atoms with E-state index in [1.807, 2.05) is 46.8 Å². The summed E-state index contributed by atoms with van der Waals surface area (Å²) in [6, 6.07) is 7.94. The van der Waals surface area contributed by atoms with Crippen molar-refractivity contribution in [1.82, 2.24) is 14.7 Å². The summed E-state index contributed by atoms with van der Waals surface area (Å²) in [5, 5.41) is 4.22. The van der Waals surface area contributed by atoms with Gasteiger partial charge in [-0.1, -0.05) is 6.07 Å². The summed E-state index contributed by atoms with van der Waals surface area (Å²) in [6.45, 7) is 3.85. The molecule has 0 aliphatic carbocycles. The molecule has 6 heteroatoms. The fraction of sp³-hybridized carbons (Fsp3) is 0.368. The Kier molecular flexibility index (Phi) is 4.17. The lowest BCUT2D eigenvalue weighted by Gasteiger charge is -2.24. The average Bonchev–Trinajstić information content (AvgIpc) is 3.38. The number of amides is 1. The number of likely N-dealkylation sites (tertiary alicyclic amines) is 1. The van der Waals surface area contributed by atoms with Crippen LogP contribution in [0.15, 0.2) is 36.5 Å². The van der Waals surface area contributed by atoms with Gasteiger partial charge in [0.1, 0.15) is 0 Å². The van der Waals surface area contributed by atoms with Crippen LogP contribution in [0.25, 0.3) is 6.08 Å². The molecule has 0 saturated carbocycles. The molecule has 2 aliphatic rings. The van der Waals surface area contributed by atoms with E-state index in [2.05, 4.69) is 5.10 Å². The number of carbonyl (C=O) groups is 1. The first-order valence-electron chi connectivity index (χ1n) is 8.66. The van der Waals surface area contributed by atoms with Gasteiger partial charge in [-0.05, 0) is 49.6 Å². The summed E-state index contributed by atoms with van der Waals surface area (Å²) in [7, 11) is 0. The molecule has 130 valence electrons. The maximum absolute atomic E-state index is 12.7. The lowest BCUT2D eigenvalue weighted by atomic mass is 10.0. The second-order valence-corrected chi connectivity index (χ2v) is 6.21. The number of nitrogens with zero attached hydrogens (tertiary/aromatic N) is 3. The van der Waals surface area contributed by atoms with E-state index in [1.54, 1.807) is 12.3 Å². The van der Waals surface area contributed by atoms with Gasteiger partial charge < -0.3 is 14.4 Å². The van der Waals surface area contributed by atoms with Crippen LogP contribution in [0.3, 0.4) is 0 Å². The molecular formula is C19H21N3O3. The van der Waals surface area contributed by atoms with Crippen LogP contribution >= 0.6 is 0 Å². The topological polar surface area (TPSA) is 56.6 Å². The van der Waals surface area contributed by atoms with Crippen LogP contribution in [-0.4, -0.2) is 33.9 Å². The van der Waals surface area contributed by atoms with E-state index in [0.29, 0.717) is 0 Å². The van der Waals surface area contributed by atoms with Crippen molar-refractivity contribution in [1.29, 1.82) is 0 Å². The molecule has 3 heterocycles. The summed E-state index contributed by atoms with van der Waals surface area (Å²) in [5.41, 5.74) is 2.04. The lowest BCUT2D eigenvalue weighted by Crippen LogP contribution is -2.28. The van der Waals surface area contributed by atoms with Crippen molar-refractivity contribution in [2.75, 3.05) is 13.3 Å². The van der Waals surface area contributed by atoms with E-state index in [0.717, 1.165) is 48.7 Å². The standard InChI is InChI=1S/C19H21N3O3/c1-2-22-15(9-10-20-22)6-8-19(23)21-11-3-4-16(21)14-5-7-17-18(12-14)25-13-24-17/h5-10,12,16H,2-4,11,13H2,1H3/b8-6+. The minimum absolute atomic E-state index is 0.0315. The highest BCUT2D eigenvalue weighted by Gasteiger charge is 2.30. The first kappa shape index (κ1) is 15.7. The minimum Gasteiger partial charge on any atom is -0.454 e. The van der Waals surface area contributed by atoms with Crippen LogP contribution in [0.5, 0.6) is 11.5 Å². The Labute approximate surface area is 146 Å². The van der Waals surface area contributed by atoms with E-state index < -0.39 is 0 Å². The van der Waals surface area contributed by atoms with Gasteiger partial charge in [0.25, 0.3) is 0 Å². The van der Waals surface area contributed by atoms with Gasteiger partial charge in [-0.25, -0.2) is 0 Å². The summed E-state index contributed by atoms with van der Waals surface area (Å²) in [5.74, 6) is 1.57. The van der Waals surface area contributed by atoms with Crippen LogP contribution in [0, 0.1) is 0 Å². The largest absolute Gasteiger partial charge is 0.454 e. The smallest absolute Gasteiger partial charge is 0.247 e. The number of aromatic nitrogens is 2.